The van der Waals surface area contributed by atoms with Crippen LogP contribution in [0, 0.1) is 11.3 Å². The van der Waals surface area contributed by atoms with Crippen LogP contribution in [0.4, 0.5) is 0 Å². The van der Waals surface area contributed by atoms with Crippen LogP contribution in [0.15, 0.2) is 0 Å². The second kappa shape index (κ2) is 6.03. The van der Waals surface area contributed by atoms with E-state index in [1.165, 1.54) is 12.8 Å². The van der Waals surface area contributed by atoms with Crippen LogP contribution >= 0.6 is 15.9 Å². The zero-order valence-electron chi connectivity index (χ0n) is 11.8. The molecule has 102 valence electrons. The summed E-state index contributed by atoms with van der Waals surface area (Å²) in [6.07, 6.45) is 4.33. The highest BCUT2D eigenvalue weighted by Gasteiger charge is 2.33. The molecule has 1 N–H and O–H groups in total. The topological polar surface area (TPSA) is 23.5 Å². The summed E-state index contributed by atoms with van der Waals surface area (Å²) in [5, 5.41) is 11.4. The van der Waals surface area contributed by atoms with Gasteiger partial charge in [-0.15, -0.1) is 0 Å². The first-order chi connectivity index (χ1) is 7.77. The third kappa shape index (κ3) is 4.88. The minimum absolute atomic E-state index is 0.316. The number of hydrogen-bond acceptors (Lipinski definition) is 2. The van der Waals surface area contributed by atoms with Crippen molar-refractivity contribution in [2.75, 3.05) is 25.5 Å². The van der Waals surface area contributed by atoms with Gasteiger partial charge in [0.2, 0.25) is 0 Å². The number of rotatable bonds is 5. The summed E-state index contributed by atoms with van der Waals surface area (Å²) in [6.45, 7) is 8.74. The fraction of sp³-hybridized carbons (Fsp3) is 1.00. The minimum Gasteiger partial charge on any atom is -0.389 e. The summed E-state index contributed by atoms with van der Waals surface area (Å²) in [5.41, 5.74) is -0.0977. The van der Waals surface area contributed by atoms with Crippen molar-refractivity contribution >= 4 is 15.9 Å². The second-order valence-corrected chi connectivity index (χ2v) is 7.49. The molecule has 0 aromatic rings. The molecule has 1 unspecified atom stereocenters. The summed E-state index contributed by atoms with van der Waals surface area (Å²) < 4.78 is 0. The standard InChI is InChI=1S/C14H28BrNO/c1-13(2,3)12(9-15)10-16(4)11-14(17)7-5-6-8-14/h12,17H,5-11H2,1-4H3. The van der Waals surface area contributed by atoms with Gasteiger partial charge in [0.25, 0.3) is 0 Å². The molecule has 1 aliphatic rings. The van der Waals surface area contributed by atoms with E-state index in [2.05, 4.69) is 48.6 Å². The summed E-state index contributed by atoms with van der Waals surface area (Å²) in [5.74, 6) is 0.623. The first-order valence-corrected chi connectivity index (χ1v) is 7.86. The Hall–Kier alpha value is 0.400. The van der Waals surface area contributed by atoms with Crippen LogP contribution in [0.5, 0.6) is 0 Å². The minimum atomic E-state index is -0.413. The van der Waals surface area contributed by atoms with Gasteiger partial charge in [-0.1, -0.05) is 49.5 Å². The van der Waals surface area contributed by atoms with Crippen molar-refractivity contribution in [1.29, 1.82) is 0 Å². The van der Waals surface area contributed by atoms with E-state index >= 15 is 0 Å². The van der Waals surface area contributed by atoms with Gasteiger partial charge in [-0.25, -0.2) is 0 Å². The Morgan fingerprint density at radius 1 is 1.29 bits per heavy atom. The van der Waals surface area contributed by atoms with Gasteiger partial charge >= 0.3 is 0 Å². The predicted molar refractivity (Wildman–Crippen MR) is 77.7 cm³/mol. The molecule has 0 radical (unpaired) electrons. The normalized spacial score (nSPS) is 22.1. The molecule has 3 heteroatoms. The quantitative estimate of drug-likeness (QED) is 0.788. The molecular weight excluding hydrogens is 278 g/mol. The number of aliphatic hydroxyl groups is 1. The van der Waals surface area contributed by atoms with Crippen molar-refractivity contribution in [2.24, 2.45) is 11.3 Å². The van der Waals surface area contributed by atoms with E-state index < -0.39 is 5.60 Å². The molecule has 0 aromatic heterocycles. The molecule has 1 rings (SSSR count). The fourth-order valence-corrected chi connectivity index (χ4v) is 3.86. The molecule has 0 aromatic carbocycles. The molecule has 0 heterocycles. The third-order valence-electron chi connectivity index (χ3n) is 4.04. The Morgan fingerprint density at radius 2 is 1.82 bits per heavy atom. The van der Waals surface area contributed by atoms with Crippen molar-refractivity contribution in [2.45, 2.75) is 52.1 Å². The van der Waals surface area contributed by atoms with Gasteiger partial charge in [-0.05, 0) is 31.2 Å². The van der Waals surface area contributed by atoms with E-state index in [-0.39, 0.29) is 0 Å². The number of hydrogen-bond donors (Lipinski definition) is 1. The SMILES string of the molecule is CN(CC(CBr)C(C)(C)C)CC1(O)CCCC1. The van der Waals surface area contributed by atoms with Gasteiger partial charge in [0, 0.05) is 18.4 Å². The molecule has 0 saturated heterocycles. The van der Waals surface area contributed by atoms with Crippen LogP contribution in [0.25, 0.3) is 0 Å². The highest BCUT2D eigenvalue weighted by atomic mass is 79.9. The average molecular weight is 306 g/mol. The molecule has 0 bridgehead atoms. The monoisotopic (exact) mass is 305 g/mol. The van der Waals surface area contributed by atoms with Crippen molar-refractivity contribution in [3.63, 3.8) is 0 Å². The van der Waals surface area contributed by atoms with Gasteiger partial charge in [-0.3, -0.25) is 0 Å². The molecular formula is C14H28BrNO. The Balaban J connectivity index is 2.45. The lowest BCUT2D eigenvalue weighted by Crippen LogP contribution is -2.43. The lowest BCUT2D eigenvalue weighted by atomic mass is 9.81. The smallest absolute Gasteiger partial charge is 0.0774 e. The van der Waals surface area contributed by atoms with E-state index in [1.54, 1.807) is 0 Å². The van der Waals surface area contributed by atoms with Crippen LogP contribution in [0.2, 0.25) is 0 Å². The van der Waals surface area contributed by atoms with Crippen molar-refractivity contribution in [3.8, 4) is 0 Å². The van der Waals surface area contributed by atoms with E-state index in [0.717, 1.165) is 31.3 Å². The Labute approximate surface area is 115 Å². The molecule has 17 heavy (non-hydrogen) atoms. The highest BCUT2D eigenvalue weighted by Crippen LogP contribution is 2.32. The van der Waals surface area contributed by atoms with Crippen LogP contribution in [-0.2, 0) is 0 Å². The summed E-state index contributed by atoms with van der Waals surface area (Å²) in [6, 6.07) is 0. The number of likely N-dealkylation sites (N-methyl/N-ethyl adjacent to an activating group) is 1. The van der Waals surface area contributed by atoms with Gasteiger partial charge < -0.3 is 10.0 Å². The van der Waals surface area contributed by atoms with E-state index in [1.807, 2.05) is 0 Å². The van der Waals surface area contributed by atoms with Crippen molar-refractivity contribution in [3.05, 3.63) is 0 Å². The summed E-state index contributed by atoms with van der Waals surface area (Å²) in [7, 11) is 2.14. The maximum absolute atomic E-state index is 10.4. The Bertz CT molecular complexity index is 231. The fourth-order valence-electron chi connectivity index (χ4n) is 2.69. The molecule has 2 nitrogen and oxygen atoms in total. The largest absolute Gasteiger partial charge is 0.389 e. The van der Waals surface area contributed by atoms with Gasteiger partial charge in [-0.2, -0.15) is 0 Å². The van der Waals surface area contributed by atoms with Gasteiger partial charge in [0.1, 0.15) is 0 Å². The molecule has 1 atom stereocenters. The zero-order chi connectivity index (χ0) is 13.1. The lowest BCUT2D eigenvalue weighted by molar-refractivity contribution is 0.00931. The zero-order valence-corrected chi connectivity index (χ0v) is 13.4. The highest BCUT2D eigenvalue weighted by molar-refractivity contribution is 9.09. The summed E-state index contributed by atoms with van der Waals surface area (Å²) in [4.78, 5) is 2.31. The molecule has 1 saturated carbocycles. The molecule has 0 aliphatic heterocycles. The predicted octanol–water partition coefficient (Wildman–Crippen LogP) is 3.28. The third-order valence-corrected chi connectivity index (χ3v) is 4.82. The molecule has 0 spiro atoms. The van der Waals surface area contributed by atoms with Crippen molar-refractivity contribution < 1.29 is 5.11 Å². The second-order valence-electron chi connectivity index (χ2n) is 6.85. The van der Waals surface area contributed by atoms with E-state index in [9.17, 15) is 5.11 Å². The van der Waals surface area contributed by atoms with E-state index in [4.69, 9.17) is 0 Å². The lowest BCUT2D eigenvalue weighted by Gasteiger charge is -2.35. The maximum Gasteiger partial charge on any atom is 0.0774 e. The van der Waals surface area contributed by atoms with Crippen molar-refractivity contribution in [1.82, 2.24) is 4.90 Å². The maximum atomic E-state index is 10.4. The molecule has 1 fully saturated rings. The average Bonchev–Trinajstić information content (AvgIpc) is 2.59. The van der Waals surface area contributed by atoms with Crippen LogP contribution in [0.1, 0.15) is 46.5 Å². The van der Waals surface area contributed by atoms with Crippen LogP contribution in [0.3, 0.4) is 0 Å². The van der Waals surface area contributed by atoms with Gasteiger partial charge in [0.05, 0.1) is 5.60 Å². The van der Waals surface area contributed by atoms with Crippen LogP contribution < -0.4 is 0 Å². The Morgan fingerprint density at radius 3 is 2.24 bits per heavy atom. The van der Waals surface area contributed by atoms with Crippen LogP contribution in [-0.4, -0.2) is 41.1 Å². The number of alkyl halides is 1. The van der Waals surface area contributed by atoms with Gasteiger partial charge in [0.15, 0.2) is 0 Å². The first kappa shape index (κ1) is 15.5. The molecule has 0 amide bonds. The first-order valence-electron chi connectivity index (χ1n) is 6.74. The Kier molecular flexibility index (Phi) is 5.48. The number of nitrogens with zero attached hydrogens (tertiary/aromatic N) is 1. The number of halogens is 1. The van der Waals surface area contributed by atoms with E-state index in [0.29, 0.717) is 11.3 Å². The molecule has 1 aliphatic carbocycles. The summed E-state index contributed by atoms with van der Waals surface area (Å²) >= 11 is 3.62.